The first-order valence-corrected chi connectivity index (χ1v) is 6.84. The van der Waals surface area contributed by atoms with Gasteiger partial charge in [0.2, 0.25) is 0 Å². The maximum absolute atomic E-state index is 12.0. The predicted octanol–water partition coefficient (Wildman–Crippen LogP) is 2.75. The number of carbonyl (C=O) groups is 1. The number of anilines is 1. The van der Waals surface area contributed by atoms with Crippen molar-refractivity contribution in [1.82, 2.24) is 5.32 Å². The van der Waals surface area contributed by atoms with Gasteiger partial charge >= 0.3 is 0 Å². The summed E-state index contributed by atoms with van der Waals surface area (Å²) in [5.41, 5.74) is 9.02. The lowest BCUT2D eigenvalue weighted by molar-refractivity contribution is 0.0941. The van der Waals surface area contributed by atoms with E-state index in [-0.39, 0.29) is 11.9 Å². The highest BCUT2D eigenvalue weighted by molar-refractivity contribution is 7.12. The fourth-order valence-corrected chi connectivity index (χ4v) is 3.05. The van der Waals surface area contributed by atoms with Crippen molar-refractivity contribution in [3.63, 3.8) is 0 Å². The Bertz CT molecular complexity index is 577. The van der Waals surface area contributed by atoms with Gasteiger partial charge in [0.15, 0.2) is 0 Å². The van der Waals surface area contributed by atoms with E-state index in [1.807, 2.05) is 35.7 Å². The van der Waals surface area contributed by atoms with Crippen LogP contribution in [0.25, 0.3) is 0 Å². The second kappa shape index (κ2) is 4.46. The fraction of sp³-hybridized carbons (Fsp3) is 0.214. The summed E-state index contributed by atoms with van der Waals surface area (Å²) in [7, 11) is 0. The van der Waals surface area contributed by atoms with Gasteiger partial charge in [-0.25, -0.2) is 0 Å². The molecule has 1 unspecified atom stereocenters. The molecule has 1 aromatic carbocycles. The molecular weight excluding hydrogens is 244 g/mol. The number of fused-ring (bicyclic) bond motifs is 1. The summed E-state index contributed by atoms with van der Waals surface area (Å²) < 4.78 is 0. The monoisotopic (exact) mass is 258 g/mol. The zero-order chi connectivity index (χ0) is 12.5. The standard InChI is InChI=1S/C14H14N2OS/c15-10-4-5-11-9(8-10)3-6-12(11)16-14(17)13-2-1-7-18-13/h1-2,4-5,7-8,12H,3,6,15H2,(H,16,17). The molecule has 0 aliphatic heterocycles. The number of hydrogen-bond donors (Lipinski definition) is 2. The van der Waals surface area contributed by atoms with E-state index >= 15 is 0 Å². The molecule has 1 amide bonds. The van der Waals surface area contributed by atoms with Crippen molar-refractivity contribution in [1.29, 1.82) is 0 Å². The maximum Gasteiger partial charge on any atom is 0.261 e. The van der Waals surface area contributed by atoms with Crippen LogP contribution in [0.4, 0.5) is 5.69 Å². The van der Waals surface area contributed by atoms with Gasteiger partial charge in [-0.3, -0.25) is 4.79 Å². The number of aryl methyl sites for hydroxylation is 1. The number of rotatable bonds is 2. The number of benzene rings is 1. The van der Waals surface area contributed by atoms with E-state index in [1.54, 1.807) is 0 Å². The number of nitrogen functional groups attached to an aromatic ring is 1. The third-order valence-corrected chi connectivity index (χ3v) is 4.16. The van der Waals surface area contributed by atoms with E-state index in [4.69, 9.17) is 5.73 Å². The van der Waals surface area contributed by atoms with E-state index in [0.717, 1.165) is 23.4 Å². The SMILES string of the molecule is Nc1ccc2c(c1)CCC2NC(=O)c1cccs1. The molecule has 3 nitrogen and oxygen atoms in total. The van der Waals surface area contributed by atoms with Crippen LogP contribution in [0.2, 0.25) is 0 Å². The molecule has 1 aliphatic carbocycles. The lowest BCUT2D eigenvalue weighted by Gasteiger charge is -2.13. The molecule has 0 bridgehead atoms. The zero-order valence-corrected chi connectivity index (χ0v) is 10.7. The van der Waals surface area contributed by atoms with Crippen LogP contribution in [0.1, 0.15) is 33.3 Å². The highest BCUT2D eigenvalue weighted by Gasteiger charge is 2.24. The van der Waals surface area contributed by atoms with Crippen LogP contribution < -0.4 is 11.1 Å². The molecule has 92 valence electrons. The second-order valence-corrected chi connectivity index (χ2v) is 5.45. The second-order valence-electron chi connectivity index (χ2n) is 4.50. The van der Waals surface area contributed by atoms with Gasteiger partial charge in [0.25, 0.3) is 5.91 Å². The maximum atomic E-state index is 12.0. The minimum Gasteiger partial charge on any atom is -0.399 e. The molecule has 4 heteroatoms. The molecule has 18 heavy (non-hydrogen) atoms. The van der Waals surface area contributed by atoms with Crippen LogP contribution in [-0.4, -0.2) is 5.91 Å². The smallest absolute Gasteiger partial charge is 0.261 e. The molecule has 0 saturated heterocycles. The van der Waals surface area contributed by atoms with Crippen molar-refractivity contribution >= 4 is 22.9 Å². The number of thiophene rings is 1. The Balaban J connectivity index is 1.79. The van der Waals surface area contributed by atoms with Crippen molar-refractivity contribution in [2.45, 2.75) is 18.9 Å². The van der Waals surface area contributed by atoms with E-state index in [9.17, 15) is 4.79 Å². The highest BCUT2D eigenvalue weighted by atomic mass is 32.1. The van der Waals surface area contributed by atoms with E-state index in [1.165, 1.54) is 22.5 Å². The summed E-state index contributed by atoms with van der Waals surface area (Å²) in [5.74, 6) is 0.0136. The van der Waals surface area contributed by atoms with Crippen molar-refractivity contribution in [3.8, 4) is 0 Å². The van der Waals surface area contributed by atoms with Gasteiger partial charge in [-0.15, -0.1) is 11.3 Å². The molecule has 3 N–H and O–H groups in total. The lowest BCUT2D eigenvalue weighted by atomic mass is 10.1. The average molecular weight is 258 g/mol. The summed E-state index contributed by atoms with van der Waals surface area (Å²) in [6, 6.07) is 9.79. The van der Waals surface area contributed by atoms with Crippen molar-refractivity contribution in [2.24, 2.45) is 0 Å². The average Bonchev–Trinajstić information content (AvgIpc) is 2.98. The molecule has 0 saturated carbocycles. The van der Waals surface area contributed by atoms with Gasteiger partial charge in [-0.2, -0.15) is 0 Å². The van der Waals surface area contributed by atoms with Gasteiger partial charge in [-0.05, 0) is 47.5 Å². The first-order chi connectivity index (χ1) is 8.74. The van der Waals surface area contributed by atoms with Crippen LogP contribution in [0, 0.1) is 0 Å². The topological polar surface area (TPSA) is 55.1 Å². The Hall–Kier alpha value is -1.81. The summed E-state index contributed by atoms with van der Waals surface area (Å²) in [4.78, 5) is 12.8. The number of hydrogen-bond acceptors (Lipinski definition) is 3. The van der Waals surface area contributed by atoms with Gasteiger partial charge < -0.3 is 11.1 Å². The van der Waals surface area contributed by atoms with Crippen LogP contribution in [0.3, 0.4) is 0 Å². The summed E-state index contributed by atoms with van der Waals surface area (Å²) in [6.07, 6.45) is 1.94. The Kier molecular flexibility index (Phi) is 2.80. The van der Waals surface area contributed by atoms with Crippen molar-refractivity contribution < 1.29 is 4.79 Å². The van der Waals surface area contributed by atoms with Gasteiger partial charge in [0, 0.05) is 5.69 Å². The molecule has 0 spiro atoms. The quantitative estimate of drug-likeness (QED) is 0.814. The molecule has 1 atom stereocenters. The van der Waals surface area contributed by atoms with E-state index < -0.39 is 0 Å². The number of carbonyl (C=O) groups excluding carboxylic acids is 1. The molecule has 1 heterocycles. The molecule has 0 radical (unpaired) electrons. The molecule has 3 rings (SSSR count). The minimum absolute atomic E-state index is 0.0136. The summed E-state index contributed by atoms with van der Waals surface area (Å²) in [6.45, 7) is 0. The van der Waals surface area contributed by atoms with Crippen LogP contribution in [0.15, 0.2) is 35.7 Å². The Morgan fingerprint density at radius 1 is 1.39 bits per heavy atom. The van der Waals surface area contributed by atoms with Crippen LogP contribution in [0.5, 0.6) is 0 Å². The molecule has 1 aromatic heterocycles. The van der Waals surface area contributed by atoms with Crippen molar-refractivity contribution in [3.05, 3.63) is 51.7 Å². The van der Waals surface area contributed by atoms with Crippen LogP contribution >= 0.6 is 11.3 Å². The first kappa shape index (κ1) is 11.3. The molecule has 0 fully saturated rings. The predicted molar refractivity (Wildman–Crippen MR) is 73.7 cm³/mol. The summed E-state index contributed by atoms with van der Waals surface area (Å²) in [5, 5.41) is 5.00. The Morgan fingerprint density at radius 2 is 2.28 bits per heavy atom. The van der Waals surface area contributed by atoms with Gasteiger partial charge in [-0.1, -0.05) is 12.1 Å². The van der Waals surface area contributed by atoms with Crippen molar-refractivity contribution in [2.75, 3.05) is 5.73 Å². The number of nitrogens with two attached hydrogens (primary N) is 1. The molecule has 1 aliphatic rings. The van der Waals surface area contributed by atoms with E-state index in [0.29, 0.717) is 0 Å². The zero-order valence-electron chi connectivity index (χ0n) is 9.85. The highest BCUT2D eigenvalue weighted by Crippen LogP contribution is 2.32. The molecule has 2 aromatic rings. The van der Waals surface area contributed by atoms with E-state index in [2.05, 4.69) is 5.32 Å². The Labute approximate surface area is 110 Å². The first-order valence-electron chi connectivity index (χ1n) is 5.97. The van der Waals surface area contributed by atoms with Gasteiger partial charge in [0.05, 0.1) is 10.9 Å². The van der Waals surface area contributed by atoms with Gasteiger partial charge in [0.1, 0.15) is 0 Å². The largest absolute Gasteiger partial charge is 0.399 e. The van der Waals surface area contributed by atoms with Crippen LogP contribution in [-0.2, 0) is 6.42 Å². The third-order valence-electron chi connectivity index (χ3n) is 3.30. The minimum atomic E-state index is 0.0136. The number of amides is 1. The third kappa shape index (κ3) is 1.99. The summed E-state index contributed by atoms with van der Waals surface area (Å²) >= 11 is 1.47. The Morgan fingerprint density at radius 3 is 3.06 bits per heavy atom. The normalized spacial score (nSPS) is 17.4. The molecular formula is C14H14N2OS. The number of nitrogens with one attached hydrogen (secondary N) is 1. The lowest BCUT2D eigenvalue weighted by Crippen LogP contribution is -2.26. The fourth-order valence-electron chi connectivity index (χ4n) is 2.42.